The van der Waals surface area contributed by atoms with E-state index in [2.05, 4.69) is 29.2 Å². The van der Waals surface area contributed by atoms with Crippen molar-refractivity contribution in [1.29, 1.82) is 0 Å². The van der Waals surface area contributed by atoms with Crippen LogP contribution >= 0.6 is 0 Å². The predicted octanol–water partition coefficient (Wildman–Crippen LogP) is 1.82. The summed E-state index contributed by atoms with van der Waals surface area (Å²) in [6.07, 6.45) is 6.36. The summed E-state index contributed by atoms with van der Waals surface area (Å²) in [7, 11) is 0. The fraction of sp³-hybridized carbons (Fsp3) is 0.667. The van der Waals surface area contributed by atoms with Crippen LogP contribution in [0.4, 0.5) is 0 Å². The molecule has 3 heteroatoms. The highest BCUT2D eigenvalue weighted by Gasteiger charge is 2.56. The van der Waals surface area contributed by atoms with Gasteiger partial charge in [0.1, 0.15) is 0 Å². The van der Waals surface area contributed by atoms with Gasteiger partial charge in [0.25, 0.3) is 0 Å². The second kappa shape index (κ2) is 4.80. The standard InChI is InChI=1S/C18H26N2O/c19-13-17(8-7-14-4-1-2-6-16(14)17)18(21)9-11-20-10-3-5-15(20)12-18/h1-2,4,6,15,21H,3,5,7-13,19H2. The minimum Gasteiger partial charge on any atom is -0.389 e. The Hall–Kier alpha value is -0.900. The molecule has 4 rings (SSSR count). The number of benzene rings is 1. The summed E-state index contributed by atoms with van der Waals surface area (Å²) in [4.78, 5) is 2.57. The van der Waals surface area contributed by atoms with E-state index in [1.165, 1.54) is 30.5 Å². The van der Waals surface area contributed by atoms with Gasteiger partial charge in [-0.05, 0) is 56.2 Å². The highest BCUT2D eigenvalue weighted by Crippen LogP contribution is 2.51. The number of piperidine rings is 1. The molecule has 0 bridgehead atoms. The minimum absolute atomic E-state index is 0.224. The molecule has 3 nitrogen and oxygen atoms in total. The van der Waals surface area contributed by atoms with E-state index in [4.69, 9.17) is 5.73 Å². The average molecular weight is 286 g/mol. The van der Waals surface area contributed by atoms with Gasteiger partial charge in [-0.3, -0.25) is 0 Å². The average Bonchev–Trinajstić information content (AvgIpc) is 3.11. The Kier molecular flexibility index (Phi) is 3.14. The number of nitrogens with zero attached hydrogens (tertiary/aromatic N) is 1. The van der Waals surface area contributed by atoms with E-state index < -0.39 is 5.60 Å². The molecule has 0 radical (unpaired) electrons. The predicted molar refractivity (Wildman–Crippen MR) is 84.3 cm³/mol. The zero-order chi connectivity index (χ0) is 14.5. The fourth-order valence-corrected chi connectivity index (χ4v) is 5.25. The summed E-state index contributed by atoms with van der Waals surface area (Å²) in [5.74, 6) is 0. The fourth-order valence-electron chi connectivity index (χ4n) is 5.25. The van der Waals surface area contributed by atoms with Gasteiger partial charge in [-0.15, -0.1) is 0 Å². The molecule has 1 aliphatic carbocycles. The molecule has 2 aliphatic heterocycles. The van der Waals surface area contributed by atoms with Gasteiger partial charge in [-0.2, -0.15) is 0 Å². The molecule has 3 atom stereocenters. The first-order valence-electron chi connectivity index (χ1n) is 8.43. The van der Waals surface area contributed by atoms with E-state index in [1.54, 1.807) is 0 Å². The Morgan fingerprint density at radius 3 is 2.95 bits per heavy atom. The van der Waals surface area contributed by atoms with E-state index in [1.807, 2.05) is 0 Å². The maximum atomic E-state index is 11.6. The van der Waals surface area contributed by atoms with Crippen LogP contribution in [0.15, 0.2) is 24.3 Å². The molecule has 2 saturated heterocycles. The quantitative estimate of drug-likeness (QED) is 0.872. The van der Waals surface area contributed by atoms with Crippen LogP contribution in [-0.2, 0) is 11.8 Å². The number of rotatable bonds is 2. The molecule has 1 aromatic rings. The van der Waals surface area contributed by atoms with Crippen molar-refractivity contribution < 1.29 is 5.11 Å². The lowest BCUT2D eigenvalue weighted by Gasteiger charge is -2.51. The van der Waals surface area contributed by atoms with Crippen LogP contribution in [0.3, 0.4) is 0 Å². The number of aliphatic hydroxyl groups is 1. The number of fused-ring (bicyclic) bond motifs is 2. The minimum atomic E-state index is -0.625. The van der Waals surface area contributed by atoms with E-state index in [0.717, 1.165) is 32.2 Å². The van der Waals surface area contributed by atoms with Gasteiger partial charge in [-0.25, -0.2) is 0 Å². The topological polar surface area (TPSA) is 49.5 Å². The molecule has 0 saturated carbocycles. The van der Waals surface area contributed by atoms with Crippen molar-refractivity contribution in [2.75, 3.05) is 19.6 Å². The smallest absolute Gasteiger partial charge is 0.0783 e. The lowest BCUT2D eigenvalue weighted by atomic mass is 9.62. The largest absolute Gasteiger partial charge is 0.389 e. The Morgan fingerprint density at radius 1 is 1.24 bits per heavy atom. The van der Waals surface area contributed by atoms with E-state index >= 15 is 0 Å². The number of hydrogen-bond acceptors (Lipinski definition) is 3. The van der Waals surface area contributed by atoms with Crippen LogP contribution in [0.25, 0.3) is 0 Å². The molecule has 3 aliphatic rings. The van der Waals surface area contributed by atoms with Gasteiger partial charge in [0.05, 0.1) is 5.60 Å². The van der Waals surface area contributed by atoms with E-state index in [0.29, 0.717) is 12.6 Å². The monoisotopic (exact) mass is 286 g/mol. The van der Waals surface area contributed by atoms with Crippen molar-refractivity contribution in [1.82, 2.24) is 4.90 Å². The molecular formula is C18H26N2O. The molecule has 0 amide bonds. The summed E-state index contributed by atoms with van der Waals surface area (Å²) in [5, 5.41) is 11.6. The van der Waals surface area contributed by atoms with Gasteiger partial charge in [0.2, 0.25) is 0 Å². The lowest BCUT2D eigenvalue weighted by molar-refractivity contribution is -0.0929. The molecule has 21 heavy (non-hydrogen) atoms. The lowest BCUT2D eigenvalue weighted by Crippen LogP contribution is -2.61. The molecular weight excluding hydrogens is 260 g/mol. The second-order valence-corrected chi connectivity index (χ2v) is 7.26. The first-order valence-corrected chi connectivity index (χ1v) is 8.43. The van der Waals surface area contributed by atoms with E-state index in [-0.39, 0.29) is 5.41 Å². The van der Waals surface area contributed by atoms with Crippen molar-refractivity contribution in [3.05, 3.63) is 35.4 Å². The highest BCUT2D eigenvalue weighted by atomic mass is 16.3. The molecule has 3 unspecified atom stereocenters. The summed E-state index contributed by atoms with van der Waals surface area (Å²) in [6, 6.07) is 9.19. The van der Waals surface area contributed by atoms with Crippen molar-refractivity contribution in [2.45, 2.75) is 55.6 Å². The van der Waals surface area contributed by atoms with Crippen molar-refractivity contribution in [3.8, 4) is 0 Å². The van der Waals surface area contributed by atoms with Crippen molar-refractivity contribution in [2.24, 2.45) is 5.73 Å². The van der Waals surface area contributed by atoms with Gasteiger partial charge >= 0.3 is 0 Å². The summed E-state index contributed by atoms with van der Waals surface area (Å²) < 4.78 is 0. The Morgan fingerprint density at radius 2 is 2.10 bits per heavy atom. The van der Waals surface area contributed by atoms with Crippen LogP contribution in [0.2, 0.25) is 0 Å². The first kappa shape index (κ1) is 13.7. The van der Waals surface area contributed by atoms with Crippen LogP contribution in [0.5, 0.6) is 0 Å². The maximum Gasteiger partial charge on any atom is 0.0783 e. The molecule has 1 aromatic carbocycles. The number of nitrogens with two attached hydrogens (primary N) is 1. The normalized spacial score (nSPS) is 39.2. The third kappa shape index (κ3) is 1.84. The summed E-state index contributed by atoms with van der Waals surface area (Å²) in [6.45, 7) is 2.81. The Bertz CT molecular complexity index is 546. The zero-order valence-electron chi connectivity index (χ0n) is 12.7. The maximum absolute atomic E-state index is 11.6. The number of aryl methyl sites for hydroxylation is 1. The molecule has 3 N–H and O–H groups in total. The SMILES string of the molecule is NCC1(C2(O)CCN3CCCC3C2)CCc2ccccc21. The van der Waals surface area contributed by atoms with Gasteiger partial charge in [0, 0.05) is 24.5 Å². The molecule has 2 heterocycles. The third-order valence-corrected chi connectivity index (χ3v) is 6.48. The van der Waals surface area contributed by atoms with Crippen LogP contribution in [-0.4, -0.2) is 41.3 Å². The summed E-state index contributed by atoms with van der Waals surface area (Å²) >= 11 is 0. The van der Waals surface area contributed by atoms with Crippen molar-refractivity contribution in [3.63, 3.8) is 0 Å². The second-order valence-electron chi connectivity index (χ2n) is 7.26. The van der Waals surface area contributed by atoms with E-state index in [9.17, 15) is 5.11 Å². The summed E-state index contributed by atoms with van der Waals surface area (Å²) in [5.41, 5.74) is 8.13. The Balaban J connectivity index is 1.73. The first-order chi connectivity index (χ1) is 10.2. The van der Waals surface area contributed by atoms with Crippen LogP contribution < -0.4 is 5.73 Å². The van der Waals surface area contributed by atoms with Gasteiger partial charge in [-0.1, -0.05) is 24.3 Å². The highest BCUT2D eigenvalue weighted by molar-refractivity contribution is 5.43. The third-order valence-electron chi connectivity index (χ3n) is 6.48. The van der Waals surface area contributed by atoms with Gasteiger partial charge < -0.3 is 15.7 Å². The molecule has 114 valence electrons. The zero-order valence-corrected chi connectivity index (χ0v) is 12.7. The van der Waals surface area contributed by atoms with Gasteiger partial charge in [0.15, 0.2) is 0 Å². The molecule has 0 spiro atoms. The molecule has 0 aromatic heterocycles. The van der Waals surface area contributed by atoms with Crippen LogP contribution in [0, 0.1) is 0 Å². The molecule has 2 fully saturated rings. The van der Waals surface area contributed by atoms with Crippen LogP contribution in [0.1, 0.15) is 43.2 Å². The Labute approximate surface area is 127 Å². The van der Waals surface area contributed by atoms with Crippen molar-refractivity contribution >= 4 is 0 Å². The number of hydrogen-bond donors (Lipinski definition) is 2.